The van der Waals surface area contributed by atoms with Crippen molar-refractivity contribution in [1.82, 2.24) is 4.98 Å². The Hall–Kier alpha value is -3.07. The lowest BCUT2D eigenvalue weighted by Gasteiger charge is -2.09. The Kier molecular flexibility index (Phi) is 3.82. The van der Waals surface area contributed by atoms with Crippen molar-refractivity contribution >= 4 is 17.4 Å². The van der Waals surface area contributed by atoms with Gasteiger partial charge in [-0.1, -0.05) is 12.1 Å². The summed E-state index contributed by atoms with van der Waals surface area (Å²) in [6, 6.07) is 10.7. The Labute approximate surface area is 116 Å². The number of hydrogen-bond acceptors (Lipinski definition) is 5. The second-order valence-corrected chi connectivity index (χ2v) is 4.19. The average molecular weight is 267 g/mol. The second-order valence-electron chi connectivity index (χ2n) is 4.19. The number of amides is 1. The molecule has 100 valence electrons. The fourth-order valence-electron chi connectivity index (χ4n) is 1.75. The highest BCUT2D eigenvalue weighted by Crippen LogP contribution is 2.16. The summed E-state index contributed by atoms with van der Waals surface area (Å²) >= 11 is 0. The Morgan fingerprint density at radius 2 is 2.20 bits per heavy atom. The van der Waals surface area contributed by atoms with Crippen molar-refractivity contribution in [3.8, 4) is 6.07 Å². The van der Waals surface area contributed by atoms with Crippen LogP contribution in [0.3, 0.4) is 0 Å². The maximum atomic E-state index is 11.3. The quantitative estimate of drug-likeness (QED) is 0.770. The van der Waals surface area contributed by atoms with Crippen LogP contribution in [0.25, 0.3) is 0 Å². The van der Waals surface area contributed by atoms with Crippen molar-refractivity contribution in [2.75, 3.05) is 11.1 Å². The predicted molar refractivity (Wildman–Crippen MR) is 75.7 cm³/mol. The van der Waals surface area contributed by atoms with E-state index < -0.39 is 5.91 Å². The van der Waals surface area contributed by atoms with Crippen LogP contribution in [0.15, 0.2) is 36.5 Å². The van der Waals surface area contributed by atoms with Crippen LogP contribution >= 0.6 is 0 Å². The number of nitrogens with zero attached hydrogens (tertiary/aromatic N) is 2. The van der Waals surface area contributed by atoms with Gasteiger partial charge in [-0.2, -0.15) is 5.26 Å². The zero-order valence-electron chi connectivity index (χ0n) is 10.6. The Bertz CT molecular complexity index is 690. The molecular formula is C14H13N5O. The third-order valence-electron chi connectivity index (χ3n) is 2.69. The number of nitrogens with one attached hydrogen (secondary N) is 1. The minimum Gasteiger partial charge on any atom is -0.397 e. The van der Waals surface area contributed by atoms with Crippen LogP contribution < -0.4 is 16.8 Å². The van der Waals surface area contributed by atoms with Crippen LogP contribution in [0, 0.1) is 11.3 Å². The topological polar surface area (TPSA) is 118 Å². The minimum absolute atomic E-state index is 0.237. The van der Waals surface area contributed by atoms with Crippen LogP contribution in [-0.4, -0.2) is 10.9 Å². The minimum atomic E-state index is -0.599. The van der Waals surface area contributed by atoms with E-state index >= 15 is 0 Å². The van der Waals surface area contributed by atoms with Gasteiger partial charge in [0.15, 0.2) is 0 Å². The van der Waals surface area contributed by atoms with E-state index in [0.717, 1.165) is 5.56 Å². The van der Waals surface area contributed by atoms with E-state index in [2.05, 4.69) is 16.4 Å². The number of benzene rings is 1. The molecule has 1 aromatic heterocycles. The van der Waals surface area contributed by atoms with Gasteiger partial charge < -0.3 is 16.8 Å². The molecule has 1 aromatic carbocycles. The summed E-state index contributed by atoms with van der Waals surface area (Å²) in [6.45, 7) is 0.423. The smallest absolute Gasteiger partial charge is 0.252 e. The maximum absolute atomic E-state index is 11.3. The van der Waals surface area contributed by atoms with E-state index in [1.54, 1.807) is 18.2 Å². The number of pyridine rings is 1. The number of primary amides is 1. The number of nitriles is 1. The molecule has 20 heavy (non-hydrogen) atoms. The molecule has 5 N–H and O–H groups in total. The maximum Gasteiger partial charge on any atom is 0.252 e. The van der Waals surface area contributed by atoms with Crippen LogP contribution in [-0.2, 0) is 6.54 Å². The first-order valence-electron chi connectivity index (χ1n) is 5.88. The van der Waals surface area contributed by atoms with Crippen molar-refractivity contribution in [2.24, 2.45) is 5.73 Å². The van der Waals surface area contributed by atoms with Gasteiger partial charge in [0.1, 0.15) is 5.82 Å². The van der Waals surface area contributed by atoms with E-state index in [9.17, 15) is 4.79 Å². The highest BCUT2D eigenvalue weighted by atomic mass is 16.1. The molecule has 0 bridgehead atoms. The van der Waals surface area contributed by atoms with Crippen molar-refractivity contribution in [2.45, 2.75) is 6.54 Å². The number of hydrogen-bond donors (Lipinski definition) is 3. The standard InChI is InChI=1S/C14H13N5O/c15-6-9-2-1-3-10(4-9)7-18-14-12(13(17)20)5-11(16)8-19-14/h1-5,8H,7,16H2,(H2,17,20)(H,18,19). The number of carbonyl (C=O) groups is 1. The third kappa shape index (κ3) is 3.03. The lowest BCUT2D eigenvalue weighted by molar-refractivity contribution is 0.100. The number of rotatable bonds is 4. The molecular weight excluding hydrogens is 254 g/mol. The number of aromatic nitrogens is 1. The van der Waals surface area contributed by atoms with E-state index in [1.807, 2.05) is 6.07 Å². The van der Waals surface area contributed by atoms with Crippen molar-refractivity contribution in [1.29, 1.82) is 5.26 Å². The number of nitrogens with two attached hydrogens (primary N) is 2. The van der Waals surface area contributed by atoms with E-state index in [1.165, 1.54) is 12.3 Å². The molecule has 0 aliphatic carbocycles. The average Bonchev–Trinajstić information content (AvgIpc) is 2.46. The van der Waals surface area contributed by atoms with Crippen LogP contribution in [0.4, 0.5) is 11.5 Å². The van der Waals surface area contributed by atoms with Crippen molar-refractivity contribution < 1.29 is 4.79 Å². The monoisotopic (exact) mass is 267 g/mol. The molecule has 0 atom stereocenters. The Morgan fingerprint density at radius 1 is 1.40 bits per heavy atom. The summed E-state index contributed by atoms with van der Waals surface area (Å²) in [5, 5.41) is 11.8. The molecule has 6 nitrogen and oxygen atoms in total. The predicted octanol–water partition coefficient (Wildman–Crippen LogP) is 1.25. The first kappa shape index (κ1) is 13.4. The van der Waals surface area contributed by atoms with Gasteiger partial charge in [-0.05, 0) is 23.8 Å². The highest BCUT2D eigenvalue weighted by molar-refractivity contribution is 5.98. The summed E-state index contributed by atoms with van der Waals surface area (Å²) in [5.41, 5.74) is 12.9. The summed E-state index contributed by atoms with van der Waals surface area (Å²) in [4.78, 5) is 15.4. The first-order valence-corrected chi connectivity index (χ1v) is 5.88. The lowest BCUT2D eigenvalue weighted by atomic mass is 10.1. The number of carbonyl (C=O) groups excluding carboxylic acids is 1. The van der Waals surface area contributed by atoms with Gasteiger partial charge in [-0.25, -0.2) is 4.98 Å². The summed E-state index contributed by atoms with van der Waals surface area (Å²) in [5.74, 6) is -0.230. The molecule has 0 saturated carbocycles. The van der Waals surface area contributed by atoms with E-state index in [4.69, 9.17) is 16.7 Å². The SMILES string of the molecule is N#Cc1cccc(CNc2ncc(N)cc2C(N)=O)c1. The molecule has 6 heteroatoms. The largest absolute Gasteiger partial charge is 0.397 e. The van der Waals surface area contributed by atoms with Gasteiger partial charge in [0, 0.05) is 6.54 Å². The summed E-state index contributed by atoms with van der Waals surface area (Å²) in [6.07, 6.45) is 1.44. The zero-order valence-corrected chi connectivity index (χ0v) is 10.6. The molecule has 1 heterocycles. The van der Waals surface area contributed by atoms with Gasteiger partial charge in [0.25, 0.3) is 5.91 Å². The zero-order chi connectivity index (χ0) is 14.5. The molecule has 0 aliphatic heterocycles. The Morgan fingerprint density at radius 3 is 2.90 bits per heavy atom. The van der Waals surface area contributed by atoms with Gasteiger partial charge >= 0.3 is 0 Å². The molecule has 2 rings (SSSR count). The third-order valence-corrected chi connectivity index (χ3v) is 2.69. The van der Waals surface area contributed by atoms with Crippen molar-refractivity contribution in [3.05, 3.63) is 53.2 Å². The molecule has 1 amide bonds. The fourth-order valence-corrected chi connectivity index (χ4v) is 1.75. The lowest BCUT2D eigenvalue weighted by Crippen LogP contribution is -2.16. The first-order chi connectivity index (χ1) is 9.60. The van der Waals surface area contributed by atoms with Crippen LogP contribution in [0.1, 0.15) is 21.5 Å². The van der Waals surface area contributed by atoms with Crippen LogP contribution in [0.2, 0.25) is 0 Å². The van der Waals surface area contributed by atoms with Crippen molar-refractivity contribution in [3.63, 3.8) is 0 Å². The van der Waals surface area contributed by atoms with E-state index in [0.29, 0.717) is 23.6 Å². The molecule has 0 radical (unpaired) electrons. The summed E-state index contributed by atoms with van der Waals surface area (Å²) < 4.78 is 0. The number of anilines is 2. The molecule has 0 fully saturated rings. The van der Waals surface area contributed by atoms with Gasteiger partial charge in [-0.3, -0.25) is 4.79 Å². The highest BCUT2D eigenvalue weighted by Gasteiger charge is 2.10. The second kappa shape index (κ2) is 5.71. The Balaban J connectivity index is 2.19. The molecule has 0 saturated heterocycles. The van der Waals surface area contributed by atoms with E-state index in [-0.39, 0.29) is 5.56 Å². The summed E-state index contributed by atoms with van der Waals surface area (Å²) in [7, 11) is 0. The van der Waals surface area contributed by atoms with Gasteiger partial charge in [0.05, 0.1) is 29.1 Å². The number of nitrogen functional groups attached to an aromatic ring is 1. The normalized spacial score (nSPS) is 9.75. The fraction of sp³-hybridized carbons (Fsp3) is 0.0714. The molecule has 0 unspecified atom stereocenters. The van der Waals surface area contributed by atoms with Gasteiger partial charge in [-0.15, -0.1) is 0 Å². The molecule has 0 aliphatic rings. The molecule has 2 aromatic rings. The van der Waals surface area contributed by atoms with Crippen LogP contribution in [0.5, 0.6) is 0 Å². The molecule has 0 spiro atoms. The van der Waals surface area contributed by atoms with Gasteiger partial charge in [0.2, 0.25) is 0 Å².